The van der Waals surface area contributed by atoms with E-state index in [-0.39, 0.29) is 6.29 Å². The molecule has 1 fully saturated rings. The minimum absolute atomic E-state index is 0.00907. The zero-order valence-electron chi connectivity index (χ0n) is 13.5. The van der Waals surface area contributed by atoms with Crippen molar-refractivity contribution in [1.82, 2.24) is 0 Å². The van der Waals surface area contributed by atoms with Gasteiger partial charge in [0.25, 0.3) is 0 Å². The van der Waals surface area contributed by atoms with Crippen LogP contribution in [0.15, 0.2) is 0 Å². The summed E-state index contributed by atoms with van der Waals surface area (Å²) < 4.78 is 27.4. The second-order valence-corrected chi connectivity index (χ2v) is 5.21. The van der Waals surface area contributed by atoms with Gasteiger partial charge in [-0.2, -0.15) is 0 Å². The molecule has 5 heteroatoms. The molecule has 0 aromatic rings. The lowest BCUT2D eigenvalue weighted by Gasteiger charge is -2.22. The van der Waals surface area contributed by atoms with Gasteiger partial charge in [0.05, 0.1) is 33.0 Å². The Morgan fingerprint density at radius 2 is 1.48 bits per heavy atom. The normalized spacial score (nSPS) is 19.0. The number of hydrogen-bond donors (Lipinski definition) is 0. The molecule has 0 N–H and O–H groups in total. The summed E-state index contributed by atoms with van der Waals surface area (Å²) >= 11 is 0. The van der Waals surface area contributed by atoms with E-state index >= 15 is 0 Å². The number of hydrogen-bond acceptors (Lipinski definition) is 5. The van der Waals surface area contributed by atoms with Crippen molar-refractivity contribution in [3.63, 3.8) is 0 Å². The molecule has 126 valence electrons. The molecular formula is C16H32O5. The summed E-state index contributed by atoms with van der Waals surface area (Å²) in [5.74, 6) is 0. The van der Waals surface area contributed by atoms with E-state index in [1.165, 1.54) is 12.8 Å². The van der Waals surface area contributed by atoms with Crippen molar-refractivity contribution in [2.45, 2.75) is 51.7 Å². The minimum atomic E-state index is 0.00907. The highest BCUT2D eigenvalue weighted by molar-refractivity contribution is 4.53. The summed E-state index contributed by atoms with van der Waals surface area (Å²) in [5.41, 5.74) is 0. The Labute approximate surface area is 129 Å². The summed E-state index contributed by atoms with van der Waals surface area (Å²) in [7, 11) is 0. The Morgan fingerprint density at radius 1 is 0.810 bits per heavy atom. The average molecular weight is 304 g/mol. The van der Waals surface area contributed by atoms with Gasteiger partial charge in [0.2, 0.25) is 0 Å². The highest BCUT2D eigenvalue weighted by Gasteiger charge is 2.13. The topological polar surface area (TPSA) is 46.2 Å². The standard InChI is InChI=1S/C16H32O5/c1-2-3-8-17-12-14-19-15-13-18-9-6-11-21-16-7-4-5-10-20-16/h16H,2-15H2,1H3. The molecule has 0 saturated carbocycles. The van der Waals surface area contributed by atoms with Crippen LogP contribution in [0.25, 0.3) is 0 Å². The Balaban J connectivity index is 1.69. The summed E-state index contributed by atoms with van der Waals surface area (Å²) in [6, 6.07) is 0. The molecule has 21 heavy (non-hydrogen) atoms. The molecule has 1 aliphatic heterocycles. The third kappa shape index (κ3) is 12.1. The molecule has 0 aromatic carbocycles. The average Bonchev–Trinajstić information content (AvgIpc) is 2.53. The van der Waals surface area contributed by atoms with Crippen molar-refractivity contribution >= 4 is 0 Å². The van der Waals surface area contributed by atoms with Crippen molar-refractivity contribution in [3.05, 3.63) is 0 Å². The van der Waals surface area contributed by atoms with Gasteiger partial charge in [-0.05, 0) is 32.1 Å². The second-order valence-electron chi connectivity index (χ2n) is 5.21. The van der Waals surface area contributed by atoms with Crippen LogP contribution in [0.3, 0.4) is 0 Å². The van der Waals surface area contributed by atoms with Crippen molar-refractivity contribution in [3.8, 4) is 0 Å². The Morgan fingerprint density at radius 3 is 2.10 bits per heavy atom. The lowest BCUT2D eigenvalue weighted by molar-refractivity contribution is -0.164. The molecule has 0 spiro atoms. The third-order valence-electron chi connectivity index (χ3n) is 3.26. The number of ether oxygens (including phenoxy) is 5. The maximum absolute atomic E-state index is 5.62. The van der Waals surface area contributed by atoms with Crippen LogP contribution >= 0.6 is 0 Å². The molecule has 1 rings (SSSR count). The molecule has 0 aliphatic carbocycles. The highest BCUT2D eigenvalue weighted by atomic mass is 16.7. The zero-order chi connectivity index (χ0) is 15.0. The van der Waals surface area contributed by atoms with Gasteiger partial charge < -0.3 is 23.7 Å². The summed E-state index contributed by atoms with van der Waals surface area (Å²) in [6.45, 7) is 7.83. The van der Waals surface area contributed by atoms with Gasteiger partial charge in [0, 0.05) is 19.8 Å². The SMILES string of the molecule is CCCCOCCOCCOCCCOC1CCCCO1. The first-order chi connectivity index (χ1) is 10.4. The van der Waals surface area contributed by atoms with Gasteiger partial charge in [-0.25, -0.2) is 0 Å². The molecule has 0 aromatic heterocycles. The van der Waals surface area contributed by atoms with E-state index in [2.05, 4.69) is 6.92 Å². The first kappa shape index (κ1) is 18.8. The molecule has 0 amide bonds. The molecule has 1 unspecified atom stereocenters. The smallest absolute Gasteiger partial charge is 0.157 e. The monoisotopic (exact) mass is 304 g/mol. The Bertz CT molecular complexity index is 207. The largest absolute Gasteiger partial charge is 0.379 e. The van der Waals surface area contributed by atoms with E-state index in [9.17, 15) is 0 Å². The van der Waals surface area contributed by atoms with E-state index in [1.807, 2.05) is 0 Å². The van der Waals surface area contributed by atoms with Gasteiger partial charge >= 0.3 is 0 Å². The molecule has 1 heterocycles. The van der Waals surface area contributed by atoms with Gasteiger partial charge in [-0.1, -0.05) is 13.3 Å². The maximum Gasteiger partial charge on any atom is 0.157 e. The number of unbranched alkanes of at least 4 members (excludes halogenated alkanes) is 1. The van der Waals surface area contributed by atoms with Gasteiger partial charge in [-0.15, -0.1) is 0 Å². The van der Waals surface area contributed by atoms with Crippen LogP contribution < -0.4 is 0 Å². The molecule has 5 nitrogen and oxygen atoms in total. The minimum Gasteiger partial charge on any atom is -0.379 e. The van der Waals surface area contributed by atoms with Crippen LogP contribution in [0.5, 0.6) is 0 Å². The predicted molar refractivity (Wildman–Crippen MR) is 81.5 cm³/mol. The van der Waals surface area contributed by atoms with E-state index in [1.54, 1.807) is 0 Å². The van der Waals surface area contributed by atoms with Crippen molar-refractivity contribution in [2.75, 3.05) is 52.9 Å². The molecule has 1 saturated heterocycles. The first-order valence-electron chi connectivity index (χ1n) is 8.40. The molecule has 0 bridgehead atoms. The van der Waals surface area contributed by atoms with Crippen LogP contribution in [-0.2, 0) is 23.7 Å². The highest BCUT2D eigenvalue weighted by Crippen LogP contribution is 2.13. The zero-order valence-corrected chi connectivity index (χ0v) is 13.5. The van der Waals surface area contributed by atoms with E-state index in [0.717, 1.165) is 38.9 Å². The first-order valence-corrected chi connectivity index (χ1v) is 8.40. The van der Waals surface area contributed by atoms with E-state index in [0.29, 0.717) is 39.6 Å². The quantitative estimate of drug-likeness (QED) is 0.462. The van der Waals surface area contributed by atoms with Crippen LogP contribution in [0.4, 0.5) is 0 Å². The van der Waals surface area contributed by atoms with E-state index in [4.69, 9.17) is 23.7 Å². The Hall–Kier alpha value is -0.200. The lowest BCUT2D eigenvalue weighted by atomic mass is 10.2. The maximum atomic E-state index is 5.62. The van der Waals surface area contributed by atoms with Crippen molar-refractivity contribution in [2.24, 2.45) is 0 Å². The molecular weight excluding hydrogens is 272 g/mol. The summed E-state index contributed by atoms with van der Waals surface area (Å²) in [4.78, 5) is 0. The fraction of sp³-hybridized carbons (Fsp3) is 1.00. The van der Waals surface area contributed by atoms with Crippen LogP contribution in [-0.4, -0.2) is 59.1 Å². The third-order valence-corrected chi connectivity index (χ3v) is 3.26. The van der Waals surface area contributed by atoms with Gasteiger partial charge in [0.15, 0.2) is 6.29 Å². The molecule has 1 atom stereocenters. The Kier molecular flexibility index (Phi) is 13.2. The van der Waals surface area contributed by atoms with Crippen molar-refractivity contribution in [1.29, 1.82) is 0 Å². The van der Waals surface area contributed by atoms with Crippen LogP contribution in [0.2, 0.25) is 0 Å². The lowest BCUT2D eigenvalue weighted by Crippen LogP contribution is -2.23. The second kappa shape index (κ2) is 14.7. The fourth-order valence-electron chi connectivity index (χ4n) is 2.01. The molecule has 0 radical (unpaired) electrons. The predicted octanol–water partition coefficient (Wildman–Crippen LogP) is 2.77. The fourth-order valence-corrected chi connectivity index (χ4v) is 2.01. The van der Waals surface area contributed by atoms with Gasteiger partial charge in [0.1, 0.15) is 0 Å². The van der Waals surface area contributed by atoms with E-state index < -0.39 is 0 Å². The summed E-state index contributed by atoms with van der Waals surface area (Å²) in [5, 5.41) is 0. The van der Waals surface area contributed by atoms with Crippen molar-refractivity contribution < 1.29 is 23.7 Å². The van der Waals surface area contributed by atoms with Crippen LogP contribution in [0.1, 0.15) is 45.4 Å². The molecule has 1 aliphatic rings. The van der Waals surface area contributed by atoms with Crippen LogP contribution in [0, 0.1) is 0 Å². The van der Waals surface area contributed by atoms with Gasteiger partial charge in [-0.3, -0.25) is 0 Å². The summed E-state index contributed by atoms with van der Waals surface area (Å²) in [6.07, 6.45) is 6.60. The number of rotatable bonds is 14.